The Kier molecular flexibility index (Phi) is 2.68. The molecule has 0 amide bonds. The van der Waals surface area contributed by atoms with E-state index in [9.17, 15) is 0 Å². The van der Waals surface area contributed by atoms with Crippen molar-refractivity contribution in [3.8, 4) is 0 Å². The number of aromatic nitrogens is 4. The minimum atomic E-state index is 0.297. The largest absolute Gasteiger partial charge is 0.388 e. The zero-order valence-corrected chi connectivity index (χ0v) is 8.68. The summed E-state index contributed by atoms with van der Waals surface area (Å²) in [6.07, 6.45) is 4.78. The van der Waals surface area contributed by atoms with E-state index in [1.807, 2.05) is 12.1 Å². The molecule has 0 atom stereocenters. The Morgan fingerprint density at radius 3 is 3.07 bits per heavy atom. The molecular formula is C9H9N5S. The van der Waals surface area contributed by atoms with Crippen LogP contribution in [0.1, 0.15) is 11.3 Å². The third kappa shape index (κ3) is 2.16. The summed E-state index contributed by atoms with van der Waals surface area (Å²) in [5.74, 6) is 0. The van der Waals surface area contributed by atoms with Gasteiger partial charge in [0.05, 0.1) is 6.54 Å². The van der Waals surface area contributed by atoms with Crippen molar-refractivity contribution in [2.45, 2.75) is 6.54 Å². The van der Waals surface area contributed by atoms with Crippen molar-refractivity contribution >= 4 is 17.2 Å². The number of thiocarbonyl (C=S) groups is 1. The van der Waals surface area contributed by atoms with Gasteiger partial charge in [-0.15, -0.1) is 0 Å². The van der Waals surface area contributed by atoms with Crippen molar-refractivity contribution in [1.29, 1.82) is 0 Å². The van der Waals surface area contributed by atoms with Crippen LogP contribution in [0.5, 0.6) is 0 Å². The topological polar surface area (TPSA) is 69.6 Å². The molecule has 0 saturated heterocycles. The van der Waals surface area contributed by atoms with E-state index in [-0.39, 0.29) is 0 Å². The summed E-state index contributed by atoms with van der Waals surface area (Å²) in [6.45, 7) is 0.570. The second kappa shape index (κ2) is 4.14. The number of nitrogens with two attached hydrogens (primary N) is 1. The molecule has 0 aliphatic carbocycles. The lowest BCUT2D eigenvalue weighted by molar-refractivity contribution is 0.682. The SMILES string of the molecule is NC(=S)c1ncccc1Cn1cncn1. The number of hydrogen-bond acceptors (Lipinski definition) is 4. The molecule has 5 nitrogen and oxygen atoms in total. The van der Waals surface area contributed by atoms with Crippen molar-refractivity contribution in [3.05, 3.63) is 42.2 Å². The van der Waals surface area contributed by atoms with Crippen LogP contribution in [0.4, 0.5) is 0 Å². The smallest absolute Gasteiger partial charge is 0.137 e. The molecule has 2 rings (SSSR count). The van der Waals surface area contributed by atoms with Gasteiger partial charge in [-0.05, 0) is 6.07 Å². The van der Waals surface area contributed by atoms with Crippen molar-refractivity contribution in [2.75, 3.05) is 0 Å². The van der Waals surface area contributed by atoms with Gasteiger partial charge < -0.3 is 5.73 Å². The van der Waals surface area contributed by atoms with Crippen LogP contribution >= 0.6 is 12.2 Å². The average Bonchev–Trinajstić information content (AvgIpc) is 2.71. The van der Waals surface area contributed by atoms with E-state index >= 15 is 0 Å². The van der Waals surface area contributed by atoms with E-state index < -0.39 is 0 Å². The predicted octanol–water partition coefficient (Wildman–Crippen LogP) is 0.356. The number of hydrogen-bond donors (Lipinski definition) is 1. The number of pyridine rings is 1. The molecule has 0 radical (unpaired) electrons. The van der Waals surface area contributed by atoms with Crippen LogP contribution in [0.25, 0.3) is 0 Å². The molecule has 0 fully saturated rings. The fourth-order valence-electron chi connectivity index (χ4n) is 1.28. The summed E-state index contributed by atoms with van der Waals surface area (Å²) < 4.78 is 1.69. The quantitative estimate of drug-likeness (QED) is 0.755. The zero-order chi connectivity index (χ0) is 10.7. The summed E-state index contributed by atoms with van der Waals surface area (Å²) in [7, 11) is 0. The van der Waals surface area contributed by atoms with Crippen LogP contribution in [0.2, 0.25) is 0 Å². The van der Waals surface area contributed by atoms with Crippen LogP contribution < -0.4 is 5.73 Å². The molecule has 0 spiro atoms. The van der Waals surface area contributed by atoms with Crippen molar-refractivity contribution in [2.24, 2.45) is 5.73 Å². The molecule has 6 heteroatoms. The maximum Gasteiger partial charge on any atom is 0.137 e. The Bertz CT molecular complexity index is 465. The molecule has 15 heavy (non-hydrogen) atoms. The Morgan fingerprint density at radius 2 is 2.40 bits per heavy atom. The van der Waals surface area contributed by atoms with Crippen LogP contribution in [-0.2, 0) is 6.54 Å². The summed E-state index contributed by atoms with van der Waals surface area (Å²) in [4.78, 5) is 8.29. The first kappa shape index (κ1) is 9.72. The van der Waals surface area contributed by atoms with E-state index in [2.05, 4.69) is 15.1 Å². The monoisotopic (exact) mass is 219 g/mol. The molecule has 2 N–H and O–H groups in total. The fourth-order valence-corrected chi connectivity index (χ4v) is 1.46. The highest BCUT2D eigenvalue weighted by Crippen LogP contribution is 2.06. The van der Waals surface area contributed by atoms with Gasteiger partial charge in [0.15, 0.2) is 0 Å². The van der Waals surface area contributed by atoms with Crippen LogP contribution in [0, 0.1) is 0 Å². The highest BCUT2D eigenvalue weighted by Gasteiger charge is 2.06. The van der Waals surface area contributed by atoms with Gasteiger partial charge in [0.1, 0.15) is 23.3 Å². The molecule has 76 valence electrons. The second-order valence-electron chi connectivity index (χ2n) is 2.97. The first-order valence-electron chi connectivity index (χ1n) is 4.33. The fraction of sp³-hybridized carbons (Fsp3) is 0.111. The molecule has 0 bridgehead atoms. The molecule has 0 aromatic carbocycles. The molecular weight excluding hydrogens is 210 g/mol. The molecule has 2 heterocycles. The molecule has 0 aliphatic heterocycles. The maximum atomic E-state index is 5.57. The second-order valence-corrected chi connectivity index (χ2v) is 3.41. The van der Waals surface area contributed by atoms with Crippen molar-refractivity contribution in [1.82, 2.24) is 19.7 Å². The van der Waals surface area contributed by atoms with Crippen molar-refractivity contribution in [3.63, 3.8) is 0 Å². The standard InChI is InChI=1S/C9H9N5S/c10-9(15)8-7(2-1-3-12-8)4-14-6-11-5-13-14/h1-3,5-6H,4H2,(H2,10,15). The van der Waals surface area contributed by atoms with E-state index in [4.69, 9.17) is 18.0 Å². The first-order valence-corrected chi connectivity index (χ1v) is 4.74. The van der Waals surface area contributed by atoms with E-state index in [0.29, 0.717) is 17.2 Å². The molecule has 0 unspecified atom stereocenters. The Morgan fingerprint density at radius 1 is 1.53 bits per heavy atom. The third-order valence-corrected chi connectivity index (χ3v) is 2.12. The number of rotatable bonds is 3. The zero-order valence-electron chi connectivity index (χ0n) is 7.87. The molecule has 2 aromatic heterocycles. The van der Waals surface area contributed by atoms with Gasteiger partial charge in [0.2, 0.25) is 0 Å². The maximum absolute atomic E-state index is 5.57. The van der Waals surface area contributed by atoms with Crippen LogP contribution in [-0.4, -0.2) is 24.7 Å². The average molecular weight is 219 g/mol. The Hall–Kier alpha value is -1.82. The predicted molar refractivity (Wildman–Crippen MR) is 59.2 cm³/mol. The van der Waals surface area contributed by atoms with E-state index in [1.54, 1.807) is 17.2 Å². The molecule has 0 aliphatic rings. The van der Waals surface area contributed by atoms with Crippen molar-refractivity contribution < 1.29 is 0 Å². The lowest BCUT2D eigenvalue weighted by Crippen LogP contribution is -2.16. The van der Waals surface area contributed by atoms with Gasteiger partial charge in [0.25, 0.3) is 0 Å². The molecule has 0 saturated carbocycles. The lowest BCUT2D eigenvalue weighted by atomic mass is 10.2. The van der Waals surface area contributed by atoms with Gasteiger partial charge >= 0.3 is 0 Å². The Labute approximate surface area is 92.0 Å². The highest BCUT2D eigenvalue weighted by molar-refractivity contribution is 7.80. The highest BCUT2D eigenvalue weighted by atomic mass is 32.1. The van der Waals surface area contributed by atoms with Gasteiger partial charge in [-0.3, -0.25) is 4.98 Å². The summed E-state index contributed by atoms with van der Waals surface area (Å²) in [6, 6.07) is 3.76. The van der Waals surface area contributed by atoms with Crippen LogP contribution in [0.15, 0.2) is 31.0 Å². The normalized spacial score (nSPS) is 10.1. The minimum Gasteiger partial charge on any atom is -0.388 e. The summed E-state index contributed by atoms with van der Waals surface area (Å²) in [5.41, 5.74) is 7.15. The van der Waals surface area contributed by atoms with Crippen LogP contribution in [0.3, 0.4) is 0 Å². The lowest BCUT2D eigenvalue weighted by Gasteiger charge is -2.06. The number of nitrogens with zero attached hydrogens (tertiary/aromatic N) is 4. The summed E-state index contributed by atoms with van der Waals surface area (Å²) >= 11 is 4.92. The first-order chi connectivity index (χ1) is 7.27. The molecule has 2 aromatic rings. The minimum absolute atomic E-state index is 0.297. The van der Waals surface area contributed by atoms with Gasteiger partial charge in [-0.25, -0.2) is 9.67 Å². The third-order valence-electron chi connectivity index (χ3n) is 1.92. The van der Waals surface area contributed by atoms with Gasteiger partial charge in [-0.1, -0.05) is 18.3 Å². The summed E-state index contributed by atoms with van der Waals surface area (Å²) in [5, 5.41) is 4.01. The van der Waals surface area contributed by atoms with E-state index in [1.165, 1.54) is 6.33 Å². The van der Waals surface area contributed by atoms with Gasteiger partial charge in [0, 0.05) is 11.8 Å². The Balaban J connectivity index is 2.32. The van der Waals surface area contributed by atoms with E-state index in [0.717, 1.165) is 5.56 Å². The van der Waals surface area contributed by atoms with Gasteiger partial charge in [-0.2, -0.15) is 5.10 Å².